The maximum Gasteiger partial charge on any atom is 0.410 e. The molecule has 0 radical (unpaired) electrons. The lowest BCUT2D eigenvalue weighted by Crippen LogP contribution is -2.36. The van der Waals surface area contributed by atoms with E-state index >= 15 is 0 Å². The summed E-state index contributed by atoms with van der Waals surface area (Å²) in [6.45, 7) is 9.23. The summed E-state index contributed by atoms with van der Waals surface area (Å²) in [6, 6.07) is 0.302. The number of amides is 2. The first-order chi connectivity index (χ1) is 11.2. The van der Waals surface area contributed by atoms with Gasteiger partial charge in [0.25, 0.3) is 5.91 Å². The van der Waals surface area contributed by atoms with E-state index in [1.54, 1.807) is 4.90 Å². The van der Waals surface area contributed by atoms with Crippen LogP contribution in [-0.2, 0) is 17.8 Å². The molecule has 1 aliphatic carbocycles. The summed E-state index contributed by atoms with van der Waals surface area (Å²) >= 11 is 0. The second-order valence-electron chi connectivity index (χ2n) is 7.65. The highest BCUT2D eigenvalue weighted by atomic mass is 16.6. The van der Waals surface area contributed by atoms with Gasteiger partial charge in [-0.15, -0.1) is 0 Å². The van der Waals surface area contributed by atoms with Crippen molar-refractivity contribution in [1.29, 1.82) is 0 Å². The van der Waals surface area contributed by atoms with Gasteiger partial charge in [-0.2, -0.15) is 5.10 Å². The fourth-order valence-corrected chi connectivity index (χ4v) is 2.82. The van der Waals surface area contributed by atoms with Crippen LogP contribution in [0.3, 0.4) is 0 Å². The standard InChI is InChI=1S/C17H26N4O3/c1-11-13-10-20(16(23)24-17(2,3)4)8-5-9-21(13)19-14(11)15(22)18-12-6-7-12/h12H,5-10H2,1-4H3,(H,18,22). The van der Waals surface area contributed by atoms with E-state index in [0.29, 0.717) is 31.4 Å². The molecule has 3 rings (SSSR count). The van der Waals surface area contributed by atoms with Crippen LogP contribution in [0.5, 0.6) is 0 Å². The van der Waals surface area contributed by atoms with Gasteiger partial charge in [-0.3, -0.25) is 9.48 Å². The fourth-order valence-electron chi connectivity index (χ4n) is 2.82. The van der Waals surface area contributed by atoms with Gasteiger partial charge in [0, 0.05) is 24.7 Å². The zero-order valence-electron chi connectivity index (χ0n) is 14.9. The number of fused-ring (bicyclic) bond motifs is 1. The number of nitrogens with one attached hydrogen (secondary N) is 1. The third kappa shape index (κ3) is 3.71. The van der Waals surface area contributed by atoms with Crippen molar-refractivity contribution in [3.05, 3.63) is 17.0 Å². The fraction of sp³-hybridized carbons (Fsp3) is 0.706. The maximum absolute atomic E-state index is 12.4. The molecule has 24 heavy (non-hydrogen) atoms. The van der Waals surface area contributed by atoms with Gasteiger partial charge in [0.05, 0.1) is 12.2 Å². The topological polar surface area (TPSA) is 76.5 Å². The Labute approximate surface area is 142 Å². The minimum atomic E-state index is -0.520. The van der Waals surface area contributed by atoms with Gasteiger partial charge in [-0.05, 0) is 47.0 Å². The van der Waals surface area contributed by atoms with Crippen LogP contribution < -0.4 is 5.32 Å². The van der Waals surface area contributed by atoms with Crippen molar-refractivity contribution in [3.8, 4) is 0 Å². The molecule has 2 amide bonds. The SMILES string of the molecule is Cc1c(C(=O)NC2CC2)nn2c1CN(C(=O)OC(C)(C)C)CCC2. The zero-order valence-corrected chi connectivity index (χ0v) is 14.9. The Morgan fingerprint density at radius 1 is 1.25 bits per heavy atom. The molecule has 0 aromatic carbocycles. The number of hydrogen-bond donors (Lipinski definition) is 1. The molecular weight excluding hydrogens is 308 g/mol. The van der Waals surface area contributed by atoms with Gasteiger partial charge in [-0.1, -0.05) is 0 Å². The Kier molecular flexibility index (Phi) is 4.27. The van der Waals surface area contributed by atoms with E-state index in [0.717, 1.165) is 30.5 Å². The first-order valence-electron chi connectivity index (χ1n) is 8.59. The van der Waals surface area contributed by atoms with Gasteiger partial charge >= 0.3 is 6.09 Å². The van der Waals surface area contributed by atoms with Crippen molar-refractivity contribution in [3.63, 3.8) is 0 Å². The Hall–Kier alpha value is -2.05. The summed E-state index contributed by atoms with van der Waals surface area (Å²) in [4.78, 5) is 26.4. The van der Waals surface area contributed by atoms with Crippen molar-refractivity contribution in [1.82, 2.24) is 20.0 Å². The number of aryl methyl sites for hydroxylation is 1. The first kappa shape index (κ1) is 16.8. The van der Waals surface area contributed by atoms with Crippen LogP contribution in [0.15, 0.2) is 0 Å². The van der Waals surface area contributed by atoms with Crippen LogP contribution in [0.2, 0.25) is 0 Å². The number of ether oxygens (including phenoxy) is 1. The quantitative estimate of drug-likeness (QED) is 0.900. The van der Waals surface area contributed by atoms with Crippen molar-refractivity contribution >= 4 is 12.0 Å². The predicted molar refractivity (Wildman–Crippen MR) is 88.7 cm³/mol. The van der Waals surface area contributed by atoms with Gasteiger partial charge in [0.1, 0.15) is 5.60 Å². The van der Waals surface area contributed by atoms with E-state index in [1.807, 2.05) is 32.4 Å². The summed E-state index contributed by atoms with van der Waals surface area (Å²) in [7, 11) is 0. The van der Waals surface area contributed by atoms with E-state index in [2.05, 4.69) is 10.4 Å². The monoisotopic (exact) mass is 334 g/mol. The second-order valence-corrected chi connectivity index (χ2v) is 7.65. The lowest BCUT2D eigenvalue weighted by atomic mass is 10.2. The van der Waals surface area contributed by atoms with Crippen LogP contribution >= 0.6 is 0 Å². The first-order valence-corrected chi connectivity index (χ1v) is 8.59. The average molecular weight is 334 g/mol. The van der Waals surface area contributed by atoms with Gasteiger partial charge in [0.2, 0.25) is 0 Å². The molecule has 1 fully saturated rings. The molecule has 1 aromatic heterocycles. The third-order valence-corrected chi connectivity index (χ3v) is 4.24. The number of aromatic nitrogens is 2. The molecule has 7 heteroatoms. The lowest BCUT2D eigenvalue weighted by molar-refractivity contribution is 0.0236. The van der Waals surface area contributed by atoms with Crippen molar-refractivity contribution in [2.45, 2.75) is 71.7 Å². The molecule has 0 bridgehead atoms. The van der Waals surface area contributed by atoms with Crippen molar-refractivity contribution in [2.24, 2.45) is 0 Å². The molecule has 0 unspecified atom stereocenters. The van der Waals surface area contributed by atoms with Crippen LogP contribution in [0.4, 0.5) is 4.79 Å². The molecule has 132 valence electrons. The van der Waals surface area contributed by atoms with E-state index in [1.165, 1.54) is 0 Å². The Morgan fingerprint density at radius 3 is 2.58 bits per heavy atom. The van der Waals surface area contributed by atoms with E-state index in [4.69, 9.17) is 4.74 Å². The zero-order chi connectivity index (χ0) is 17.5. The van der Waals surface area contributed by atoms with Crippen molar-refractivity contribution in [2.75, 3.05) is 6.54 Å². The molecule has 0 saturated heterocycles. The van der Waals surface area contributed by atoms with Gasteiger partial charge in [0.15, 0.2) is 5.69 Å². The summed E-state index contributed by atoms with van der Waals surface area (Å²) in [5.74, 6) is -0.112. The normalized spacial score (nSPS) is 17.9. The highest BCUT2D eigenvalue weighted by molar-refractivity contribution is 5.94. The predicted octanol–water partition coefficient (Wildman–Crippen LogP) is 2.22. The average Bonchev–Trinajstić information content (AvgIpc) is 3.24. The number of hydrogen-bond acceptors (Lipinski definition) is 4. The van der Waals surface area contributed by atoms with Crippen LogP contribution in [0, 0.1) is 6.92 Å². The summed E-state index contributed by atoms with van der Waals surface area (Å²) < 4.78 is 7.34. The molecule has 0 spiro atoms. The van der Waals surface area contributed by atoms with Crippen molar-refractivity contribution < 1.29 is 14.3 Å². The number of carbonyl (C=O) groups is 2. The van der Waals surface area contributed by atoms with Crippen LogP contribution in [-0.4, -0.2) is 44.9 Å². The smallest absolute Gasteiger partial charge is 0.410 e. The van der Waals surface area contributed by atoms with E-state index in [9.17, 15) is 9.59 Å². The second kappa shape index (κ2) is 6.11. The minimum Gasteiger partial charge on any atom is -0.444 e. The third-order valence-electron chi connectivity index (χ3n) is 4.24. The summed E-state index contributed by atoms with van der Waals surface area (Å²) in [5.41, 5.74) is 1.72. The highest BCUT2D eigenvalue weighted by Crippen LogP contribution is 2.23. The molecule has 0 atom stereocenters. The maximum atomic E-state index is 12.4. The lowest BCUT2D eigenvalue weighted by Gasteiger charge is -2.26. The molecule has 1 saturated carbocycles. The molecule has 2 heterocycles. The van der Waals surface area contributed by atoms with E-state index < -0.39 is 5.60 Å². The number of carbonyl (C=O) groups excluding carboxylic acids is 2. The number of rotatable bonds is 2. The molecule has 2 aliphatic rings. The highest BCUT2D eigenvalue weighted by Gasteiger charge is 2.30. The van der Waals surface area contributed by atoms with Crippen LogP contribution in [0.1, 0.15) is 61.8 Å². The van der Waals surface area contributed by atoms with E-state index in [-0.39, 0.29) is 12.0 Å². The molecule has 1 N–H and O–H groups in total. The van der Waals surface area contributed by atoms with Gasteiger partial charge in [-0.25, -0.2) is 4.79 Å². The summed E-state index contributed by atoms with van der Waals surface area (Å²) in [6.07, 6.45) is 2.56. The molecule has 1 aliphatic heterocycles. The minimum absolute atomic E-state index is 0.112. The Balaban J connectivity index is 1.78. The largest absolute Gasteiger partial charge is 0.444 e. The molecule has 7 nitrogen and oxygen atoms in total. The van der Waals surface area contributed by atoms with Crippen LogP contribution in [0.25, 0.3) is 0 Å². The summed E-state index contributed by atoms with van der Waals surface area (Å²) in [5, 5.41) is 7.47. The number of nitrogens with zero attached hydrogens (tertiary/aromatic N) is 3. The van der Waals surface area contributed by atoms with Gasteiger partial charge < -0.3 is 15.0 Å². The Bertz CT molecular complexity index is 656. The Morgan fingerprint density at radius 2 is 1.96 bits per heavy atom. The molecular formula is C17H26N4O3. The molecule has 1 aromatic rings.